The Labute approximate surface area is 108 Å². The topological polar surface area (TPSA) is 37.8 Å². The van der Waals surface area contributed by atoms with Crippen molar-refractivity contribution in [1.29, 1.82) is 0 Å². The molecule has 0 spiro atoms. The zero-order valence-electron chi connectivity index (χ0n) is 10.8. The van der Waals surface area contributed by atoms with Crippen molar-refractivity contribution in [2.75, 3.05) is 5.32 Å². The lowest BCUT2D eigenvalue weighted by Gasteiger charge is -2.28. The van der Waals surface area contributed by atoms with Crippen LogP contribution in [0.3, 0.4) is 0 Å². The van der Waals surface area contributed by atoms with Crippen LogP contribution < -0.4 is 5.32 Å². The number of anilines is 1. The molecule has 1 fully saturated rings. The highest BCUT2D eigenvalue weighted by Crippen LogP contribution is 2.38. The van der Waals surface area contributed by atoms with Crippen molar-refractivity contribution in [3.05, 3.63) is 17.0 Å². The minimum absolute atomic E-state index is 0.337. The van der Waals surface area contributed by atoms with Gasteiger partial charge in [-0.2, -0.15) is 0 Å². The minimum Gasteiger partial charge on any atom is -0.367 e. The lowest BCUT2D eigenvalue weighted by atomic mass is 9.87. The first-order valence-electron chi connectivity index (χ1n) is 6.31. The SMILES string of the molecule is CCc1nc(Cl)cc(NC2CCCC2(C)C)n1. The van der Waals surface area contributed by atoms with Crippen LogP contribution in [-0.2, 0) is 6.42 Å². The van der Waals surface area contributed by atoms with Gasteiger partial charge >= 0.3 is 0 Å². The van der Waals surface area contributed by atoms with Gasteiger partial charge in [0.1, 0.15) is 16.8 Å². The Bertz CT molecular complexity index is 404. The second-order valence-corrected chi connectivity index (χ2v) is 5.81. The average Bonchev–Trinajstić information content (AvgIpc) is 2.57. The van der Waals surface area contributed by atoms with Crippen molar-refractivity contribution in [1.82, 2.24) is 9.97 Å². The average molecular weight is 254 g/mol. The maximum atomic E-state index is 5.99. The lowest BCUT2D eigenvalue weighted by molar-refractivity contribution is 0.349. The molecule has 1 aliphatic rings. The maximum Gasteiger partial charge on any atom is 0.134 e. The molecule has 94 valence electrons. The van der Waals surface area contributed by atoms with Gasteiger partial charge in [-0.25, -0.2) is 9.97 Å². The predicted octanol–water partition coefficient (Wildman–Crippen LogP) is 3.68. The minimum atomic E-state index is 0.337. The summed E-state index contributed by atoms with van der Waals surface area (Å²) in [6, 6.07) is 2.30. The molecule has 2 rings (SSSR count). The molecule has 0 aliphatic heterocycles. The van der Waals surface area contributed by atoms with Crippen LogP contribution >= 0.6 is 11.6 Å². The molecule has 0 radical (unpaired) electrons. The largest absolute Gasteiger partial charge is 0.367 e. The van der Waals surface area contributed by atoms with Crippen LogP contribution in [0.5, 0.6) is 0 Å². The first-order chi connectivity index (χ1) is 8.01. The molecule has 0 bridgehead atoms. The van der Waals surface area contributed by atoms with Crippen LogP contribution in [0.15, 0.2) is 6.07 Å². The number of halogens is 1. The van der Waals surface area contributed by atoms with E-state index in [1.165, 1.54) is 19.3 Å². The second-order valence-electron chi connectivity index (χ2n) is 5.42. The van der Waals surface area contributed by atoms with E-state index in [0.717, 1.165) is 18.1 Å². The van der Waals surface area contributed by atoms with Crippen LogP contribution in [0.2, 0.25) is 5.15 Å². The molecule has 1 unspecified atom stereocenters. The first-order valence-corrected chi connectivity index (χ1v) is 6.69. The van der Waals surface area contributed by atoms with E-state index in [2.05, 4.69) is 29.1 Å². The van der Waals surface area contributed by atoms with Gasteiger partial charge in [0.15, 0.2) is 0 Å². The predicted molar refractivity (Wildman–Crippen MR) is 71.5 cm³/mol. The van der Waals surface area contributed by atoms with Gasteiger partial charge in [-0.15, -0.1) is 0 Å². The third-order valence-electron chi connectivity index (χ3n) is 3.64. The van der Waals surface area contributed by atoms with Gasteiger partial charge < -0.3 is 5.32 Å². The monoisotopic (exact) mass is 253 g/mol. The summed E-state index contributed by atoms with van der Waals surface area (Å²) in [5, 5.41) is 4.03. The van der Waals surface area contributed by atoms with Gasteiger partial charge in [0, 0.05) is 18.5 Å². The maximum absolute atomic E-state index is 5.99. The van der Waals surface area contributed by atoms with E-state index in [1.54, 1.807) is 0 Å². The fourth-order valence-electron chi connectivity index (χ4n) is 2.47. The van der Waals surface area contributed by atoms with Gasteiger partial charge in [0.2, 0.25) is 0 Å². The number of nitrogens with one attached hydrogen (secondary N) is 1. The Morgan fingerprint density at radius 3 is 2.82 bits per heavy atom. The molecule has 1 heterocycles. The highest BCUT2D eigenvalue weighted by atomic mass is 35.5. The highest BCUT2D eigenvalue weighted by Gasteiger charge is 2.34. The molecule has 1 atom stereocenters. The first kappa shape index (κ1) is 12.6. The van der Waals surface area contributed by atoms with Crippen LogP contribution in [0.25, 0.3) is 0 Å². The Balaban J connectivity index is 2.15. The summed E-state index contributed by atoms with van der Waals surface area (Å²) < 4.78 is 0. The van der Waals surface area contributed by atoms with Gasteiger partial charge in [-0.1, -0.05) is 38.8 Å². The van der Waals surface area contributed by atoms with E-state index >= 15 is 0 Å². The molecule has 1 aromatic rings. The molecule has 1 aromatic heterocycles. The van der Waals surface area contributed by atoms with E-state index in [9.17, 15) is 0 Å². The van der Waals surface area contributed by atoms with Crippen LogP contribution in [0.4, 0.5) is 5.82 Å². The number of aryl methyl sites for hydroxylation is 1. The summed E-state index contributed by atoms with van der Waals surface area (Å²) in [6.45, 7) is 6.65. The number of hydrogen-bond donors (Lipinski definition) is 1. The molecular weight excluding hydrogens is 234 g/mol. The Kier molecular flexibility index (Phi) is 3.57. The molecular formula is C13H20ClN3. The zero-order chi connectivity index (χ0) is 12.5. The van der Waals surface area contributed by atoms with Crippen molar-refractivity contribution in [2.24, 2.45) is 5.41 Å². The van der Waals surface area contributed by atoms with Gasteiger partial charge in [-0.3, -0.25) is 0 Å². The standard InChI is InChI=1S/C13H20ClN3/c1-4-11-16-10(14)8-12(17-11)15-9-6-5-7-13(9,2)3/h8-9H,4-7H2,1-3H3,(H,15,16,17). The van der Waals surface area contributed by atoms with Crippen molar-refractivity contribution >= 4 is 17.4 Å². The van der Waals surface area contributed by atoms with Crippen LogP contribution in [0.1, 0.15) is 45.9 Å². The molecule has 3 nitrogen and oxygen atoms in total. The Morgan fingerprint density at radius 1 is 1.47 bits per heavy atom. The van der Waals surface area contributed by atoms with E-state index < -0.39 is 0 Å². The summed E-state index contributed by atoms with van der Waals surface area (Å²) in [5.74, 6) is 1.66. The lowest BCUT2D eigenvalue weighted by Crippen LogP contribution is -2.31. The Morgan fingerprint density at radius 2 is 2.24 bits per heavy atom. The van der Waals surface area contributed by atoms with Crippen LogP contribution in [-0.4, -0.2) is 16.0 Å². The molecule has 1 N–H and O–H groups in total. The third-order valence-corrected chi connectivity index (χ3v) is 3.83. The van der Waals surface area contributed by atoms with E-state index in [4.69, 9.17) is 11.6 Å². The van der Waals surface area contributed by atoms with E-state index in [0.29, 0.717) is 16.6 Å². The van der Waals surface area contributed by atoms with E-state index in [1.807, 2.05) is 13.0 Å². The third kappa shape index (κ3) is 2.89. The fraction of sp³-hybridized carbons (Fsp3) is 0.692. The summed E-state index contributed by atoms with van der Waals surface area (Å²) >= 11 is 5.99. The normalized spacial score (nSPS) is 22.7. The van der Waals surface area contributed by atoms with E-state index in [-0.39, 0.29) is 0 Å². The molecule has 4 heteroatoms. The van der Waals surface area contributed by atoms with Crippen LogP contribution in [0, 0.1) is 5.41 Å². The second kappa shape index (κ2) is 4.81. The number of rotatable bonds is 3. The zero-order valence-corrected chi connectivity index (χ0v) is 11.5. The van der Waals surface area contributed by atoms with Crippen molar-refractivity contribution in [2.45, 2.75) is 52.5 Å². The van der Waals surface area contributed by atoms with Crippen molar-refractivity contribution in [3.8, 4) is 0 Å². The molecule has 1 aliphatic carbocycles. The summed E-state index contributed by atoms with van der Waals surface area (Å²) in [4.78, 5) is 8.65. The van der Waals surface area contributed by atoms with Gasteiger partial charge in [0.25, 0.3) is 0 Å². The van der Waals surface area contributed by atoms with Gasteiger partial charge in [-0.05, 0) is 18.3 Å². The number of nitrogens with zero attached hydrogens (tertiary/aromatic N) is 2. The fourth-order valence-corrected chi connectivity index (χ4v) is 2.67. The van der Waals surface area contributed by atoms with Gasteiger partial charge in [0.05, 0.1) is 0 Å². The quantitative estimate of drug-likeness (QED) is 0.835. The number of hydrogen-bond acceptors (Lipinski definition) is 3. The van der Waals surface area contributed by atoms with Crippen molar-refractivity contribution < 1.29 is 0 Å². The molecule has 17 heavy (non-hydrogen) atoms. The summed E-state index contributed by atoms with van der Waals surface area (Å²) in [7, 11) is 0. The van der Waals surface area contributed by atoms with Crippen molar-refractivity contribution in [3.63, 3.8) is 0 Å². The Hall–Kier alpha value is -0.830. The molecule has 0 saturated heterocycles. The summed E-state index contributed by atoms with van der Waals surface area (Å²) in [5.41, 5.74) is 0.337. The smallest absolute Gasteiger partial charge is 0.134 e. The number of aromatic nitrogens is 2. The molecule has 1 saturated carbocycles. The highest BCUT2D eigenvalue weighted by molar-refractivity contribution is 6.29. The molecule has 0 aromatic carbocycles. The summed E-state index contributed by atoms with van der Waals surface area (Å²) in [6.07, 6.45) is 4.56. The molecule has 0 amide bonds.